The van der Waals surface area contributed by atoms with Gasteiger partial charge < -0.3 is 23.7 Å². The molecule has 0 unspecified atom stereocenters. The second-order valence-corrected chi connectivity index (χ2v) is 9.61. The molecule has 0 fully saturated rings. The van der Waals surface area contributed by atoms with E-state index in [4.69, 9.17) is 23.7 Å². The second kappa shape index (κ2) is 14.2. The van der Waals surface area contributed by atoms with Gasteiger partial charge in [0.05, 0.1) is 30.9 Å². The lowest BCUT2D eigenvalue weighted by atomic mass is 10.1. The van der Waals surface area contributed by atoms with Gasteiger partial charge in [-0.1, -0.05) is 91.0 Å². The van der Waals surface area contributed by atoms with Crippen molar-refractivity contribution in [3.05, 3.63) is 118 Å². The van der Waals surface area contributed by atoms with Crippen LogP contribution in [0, 0.1) is 0 Å². The molecular formula is C30H31BrO6. The Hall–Kier alpha value is -2.81. The van der Waals surface area contributed by atoms with Crippen molar-refractivity contribution < 1.29 is 28.5 Å². The number of ether oxygens (including phenoxy) is 5. The van der Waals surface area contributed by atoms with Crippen molar-refractivity contribution in [2.45, 2.75) is 51.3 Å². The molecule has 194 valence electrons. The van der Waals surface area contributed by atoms with Gasteiger partial charge >= 0.3 is 5.97 Å². The van der Waals surface area contributed by atoms with Gasteiger partial charge in [-0.15, -0.1) is 0 Å². The first-order valence-corrected chi connectivity index (χ1v) is 13.0. The zero-order chi connectivity index (χ0) is 25.9. The van der Waals surface area contributed by atoms with Crippen LogP contribution in [0.4, 0.5) is 0 Å². The second-order valence-electron chi connectivity index (χ2n) is 8.69. The number of carbonyl (C=O) groups is 1. The SMILES string of the molecule is CC(=O)O[C@H]1O[C@H](COCc2ccccc2)[C@@H](OCc2ccccc2)[C@H](OCc2ccccc2)C=C1Br. The van der Waals surface area contributed by atoms with Crippen LogP contribution in [-0.2, 0) is 48.3 Å². The Balaban J connectivity index is 1.56. The molecule has 1 aliphatic heterocycles. The first-order valence-electron chi connectivity index (χ1n) is 12.2. The first-order chi connectivity index (χ1) is 18.1. The van der Waals surface area contributed by atoms with Crippen molar-refractivity contribution in [1.29, 1.82) is 0 Å². The molecule has 1 heterocycles. The third-order valence-corrected chi connectivity index (χ3v) is 6.41. The van der Waals surface area contributed by atoms with Crippen molar-refractivity contribution in [3.8, 4) is 0 Å². The van der Waals surface area contributed by atoms with Crippen LogP contribution < -0.4 is 0 Å². The number of rotatable bonds is 11. The van der Waals surface area contributed by atoms with Crippen LogP contribution in [0.1, 0.15) is 23.6 Å². The van der Waals surface area contributed by atoms with Crippen LogP contribution in [0.2, 0.25) is 0 Å². The normalized spacial score (nSPS) is 21.6. The molecule has 0 aromatic heterocycles. The molecule has 6 nitrogen and oxygen atoms in total. The molecule has 0 aliphatic carbocycles. The van der Waals surface area contributed by atoms with Gasteiger partial charge in [0.2, 0.25) is 6.29 Å². The molecule has 4 atom stereocenters. The fourth-order valence-corrected chi connectivity index (χ4v) is 4.42. The number of benzene rings is 3. The Morgan fingerprint density at radius 1 is 0.784 bits per heavy atom. The Labute approximate surface area is 226 Å². The van der Waals surface area contributed by atoms with E-state index >= 15 is 0 Å². The van der Waals surface area contributed by atoms with E-state index in [2.05, 4.69) is 15.9 Å². The number of hydrogen-bond donors (Lipinski definition) is 0. The molecule has 4 rings (SSSR count). The number of carbonyl (C=O) groups excluding carboxylic acids is 1. The molecule has 1 aliphatic rings. The van der Waals surface area contributed by atoms with E-state index in [1.807, 2.05) is 97.1 Å². The van der Waals surface area contributed by atoms with Gasteiger partial charge in [-0.25, -0.2) is 0 Å². The minimum absolute atomic E-state index is 0.214. The summed E-state index contributed by atoms with van der Waals surface area (Å²) in [7, 11) is 0. The smallest absolute Gasteiger partial charge is 0.305 e. The Morgan fingerprint density at radius 3 is 1.84 bits per heavy atom. The molecule has 0 saturated heterocycles. The summed E-state index contributed by atoms with van der Waals surface area (Å²) in [6.07, 6.45) is -0.694. The standard InChI is InChI=1S/C30H31BrO6/c1-22(32)36-30-26(31)17-27(34-19-24-13-7-3-8-14-24)29(35-20-25-15-9-4-10-16-25)28(37-30)21-33-18-23-11-5-2-6-12-23/h2-17,27-30H,18-21H2,1H3/t27-,28-,29+,30+/m1/s1. The summed E-state index contributed by atoms with van der Waals surface area (Å²) >= 11 is 3.54. The molecule has 0 N–H and O–H groups in total. The summed E-state index contributed by atoms with van der Waals surface area (Å²) in [6.45, 7) is 2.71. The molecule has 0 bridgehead atoms. The lowest BCUT2D eigenvalue weighted by Crippen LogP contribution is -2.44. The summed E-state index contributed by atoms with van der Waals surface area (Å²) in [5, 5.41) is 0. The van der Waals surface area contributed by atoms with Gasteiger partial charge in [-0.05, 0) is 38.7 Å². The zero-order valence-corrected chi connectivity index (χ0v) is 22.3. The number of halogens is 1. The van der Waals surface area contributed by atoms with E-state index in [1.54, 1.807) is 0 Å². The molecule has 3 aromatic rings. The Bertz CT molecular complexity index is 1120. The topological polar surface area (TPSA) is 63.2 Å². The van der Waals surface area contributed by atoms with Crippen LogP contribution in [0.3, 0.4) is 0 Å². The van der Waals surface area contributed by atoms with Crippen molar-refractivity contribution >= 4 is 21.9 Å². The van der Waals surface area contributed by atoms with E-state index in [-0.39, 0.29) is 6.61 Å². The van der Waals surface area contributed by atoms with Crippen LogP contribution in [-0.4, -0.2) is 37.2 Å². The van der Waals surface area contributed by atoms with E-state index < -0.39 is 30.6 Å². The Kier molecular flexibility index (Phi) is 10.5. The number of esters is 1. The predicted octanol–water partition coefficient (Wildman–Crippen LogP) is 5.94. The fourth-order valence-electron chi connectivity index (χ4n) is 3.96. The van der Waals surface area contributed by atoms with Gasteiger partial charge in [-0.3, -0.25) is 4.79 Å². The lowest BCUT2D eigenvalue weighted by Gasteiger charge is -2.31. The summed E-state index contributed by atoms with van der Waals surface area (Å²) in [4.78, 5) is 11.8. The largest absolute Gasteiger partial charge is 0.431 e. The molecule has 37 heavy (non-hydrogen) atoms. The lowest BCUT2D eigenvalue weighted by molar-refractivity contribution is -0.207. The maximum atomic E-state index is 11.8. The van der Waals surface area contributed by atoms with Crippen LogP contribution in [0.5, 0.6) is 0 Å². The molecule has 0 saturated carbocycles. The highest BCUT2D eigenvalue weighted by Gasteiger charge is 2.38. The van der Waals surface area contributed by atoms with E-state index in [9.17, 15) is 4.79 Å². The summed E-state index contributed by atoms with van der Waals surface area (Å²) < 4.78 is 31.1. The average molecular weight is 567 g/mol. The van der Waals surface area contributed by atoms with Crippen LogP contribution in [0.25, 0.3) is 0 Å². The number of hydrogen-bond acceptors (Lipinski definition) is 6. The minimum atomic E-state index is -0.934. The van der Waals surface area contributed by atoms with Gasteiger partial charge in [0, 0.05) is 6.92 Å². The van der Waals surface area contributed by atoms with E-state index in [1.165, 1.54) is 6.92 Å². The van der Waals surface area contributed by atoms with Gasteiger partial charge in [-0.2, -0.15) is 0 Å². The van der Waals surface area contributed by atoms with Gasteiger partial charge in [0.1, 0.15) is 18.3 Å². The average Bonchev–Trinajstić information content (AvgIpc) is 3.03. The zero-order valence-electron chi connectivity index (χ0n) is 20.7. The highest BCUT2D eigenvalue weighted by Crippen LogP contribution is 2.29. The van der Waals surface area contributed by atoms with Crippen LogP contribution in [0.15, 0.2) is 102 Å². The summed E-state index contributed by atoms with van der Waals surface area (Å²) in [5.41, 5.74) is 3.11. The molecular weight excluding hydrogens is 536 g/mol. The van der Waals surface area contributed by atoms with Crippen molar-refractivity contribution in [2.75, 3.05) is 6.61 Å². The summed E-state index contributed by atoms with van der Waals surface area (Å²) in [6, 6.07) is 29.8. The quantitative estimate of drug-likeness (QED) is 0.267. The van der Waals surface area contributed by atoms with E-state index in [0.717, 1.165) is 16.7 Å². The summed E-state index contributed by atoms with van der Waals surface area (Å²) in [5.74, 6) is -0.454. The van der Waals surface area contributed by atoms with Gasteiger partial charge in [0.15, 0.2) is 0 Å². The maximum absolute atomic E-state index is 11.8. The Morgan fingerprint density at radius 2 is 1.30 bits per heavy atom. The molecule has 3 aromatic carbocycles. The predicted molar refractivity (Wildman–Crippen MR) is 144 cm³/mol. The molecule has 7 heteroatoms. The van der Waals surface area contributed by atoms with E-state index in [0.29, 0.717) is 24.3 Å². The van der Waals surface area contributed by atoms with Crippen molar-refractivity contribution in [3.63, 3.8) is 0 Å². The van der Waals surface area contributed by atoms with Gasteiger partial charge in [0.25, 0.3) is 0 Å². The highest BCUT2D eigenvalue weighted by molar-refractivity contribution is 9.11. The first kappa shape index (κ1) is 27.2. The maximum Gasteiger partial charge on any atom is 0.305 e. The molecule has 0 radical (unpaired) electrons. The monoisotopic (exact) mass is 566 g/mol. The highest BCUT2D eigenvalue weighted by atomic mass is 79.9. The third kappa shape index (κ3) is 8.62. The molecule has 0 spiro atoms. The van der Waals surface area contributed by atoms with Crippen molar-refractivity contribution in [1.82, 2.24) is 0 Å². The van der Waals surface area contributed by atoms with Crippen LogP contribution >= 0.6 is 15.9 Å². The fraction of sp³-hybridized carbons (Fsp3) is 0.300. The van der Waals surface area contributed by atoms with Crippen molar-refractivity contribution in [2.24, 2.45) is 0 Å². The minimum Gasteiger partial charge on any atom is -0.431 e. The molecule has 0 amide bonds. The third-order valence-electron chi connectivity index (χ3n) is 5.77.